The quantitative estimate of drug-likeness (QED) is 0.874. The van der Waals surface area contributed by atoms with Crippen LogP contribution >= 0.6 is 11.3 Å². The molecule has 2 aromatic heterocycles. The van der Waals surface area contributed by atoms with Gasteiger partial charge in [-0.25, -0.2) is 9.97 Å². The van der Waals surface area contributed by atoms with Crippen LogP contribution in [0.2, 0.25) is 0 Å². The second kappa shape index (κ2) is 6.27. The molecule has 2 heterocycles. The lowest BCUT2D eigenvalue weighted by atomic mass is 10.2. The molecule has 0 saturated heterocycles. The number of ether oxygens (including phenoxy) is 1. The lowest BCUT2D eigenvalue weighted by Gasteiger charge is -2.23. The number of aliphatic hydroxyl groups is 1. The smallest absolute Gasteiger partial charge is 0.141 e. The molecule has 6 heteroatoms. The summed E-state index contributed by atoms with van der Waals surface area (Å²) in [5, 5.41) is 12.4. The Kier molecular flexibility index (Phi) is 4.68. The number of aromatic nitrogens is 2. The second-order valence-corrected chi connectivity index (χ2v) is 5.25. The SMILES string of the molecule is COCCN(CCO)c1nc(C)nc2scc(C)c12. The van der Waals surface area contributed by atoms with Crippen LogP contribution in [0.25, 0.3) is 10.2 Å². The van der Waals surface area contributed by atoms with Gasteiger partial charge in [0.25, 0.3) is 0 Å². The molecule has 104 valence electrons. The zero-order chi connectivity index (χ0) is 13.8. The number of hydrogen-bond donors (Lipinski definition) is 1. The fraction of sp³-hybridized carbons (Fsp3) is 0.538. The fourth-order valence-corrected chi connectivity index (χ4v) is 3.00. The van der Waals surface area contributed by atoms with Gasteiger partial charge in [0.1, 0.15) is 16.5 Å². The Labute approximate surface area is 116 Å². The predicted octanol–water partition coefficient (Wildman–Crippen LogP) is 1.75. The van der Waals surface area contributed by atoms with E-state index in [1.165, 1.54) is 5.56 Å². The molecule has 0 aliphatic rings. The molecule has 0 unspecified atom stereocenters. The highest BCUT2D eigenvalue weighted by atomic mass is 32.1. The van der Waals surface area contributed by atoms with Crippen molar-refractivity contribution in [1.29, 1.82) is 0 Å². The molecule has 19 heavy (non-hydrogen) atoms. The van der Waals surface area contributed by atoms with Crippen molar-refractivity contribution in [2.45, 2.75) is 13.8 Å². The fourth-order valence-electron chi connectivity index (χ4n) is 2.04. The maximum absolute atomic E-state index is 9.24. The van der Waals surface area contributed by atoms with Gasteiger partial charge in [0.15, 0.2) is 0 Å². The van der Waals surface area contributed by atoms with Crippen molar-refractivity contribution in [2.75, 3.05) is 38.3 Å². The number of thiophene rings is 1. The molecule has 0 radical (unpaired) electrons. The zero-order valence-electron chi connectivity index (χ0n) is 11.5. The number of anilines is 1. The number of methoxy groups -OCH3 is 1. The molecular weight excluding hydrogens is 262 g/mol. The summed E-state index contributed by atoms with van der Waals surface area (Å²) in [6, 6.07) is 0. The topological polar surface area (TPSA) is 58.5 Å². The van der Waals surface area contributed by atoms with Crippen LogP contribution in [0.4, 0.5) is 5.82 Å². The van der Waals surface area contributed by atoms with Crippen LogP contribution < -0.4 is 4.90 Å². The Bertz CT molecular complexity index is 556. The van der Waals surface area contributed by atoms with Crippen molar-refractivity contribution >= 4 is 27.4 Å². The van der Waals surface area contributed by atoms with Crippen molar-refractivity contribution in [1.82, 2.24) is 9.97 Å². The first kappa shape index (κ1) is 14.2. The van der Waals surface area contributed by atoms with E-state index in [9.17, 15) is 5.11 Å². The number of nitrogens with zero attached hydrogens (tertiary/aromatic N) is 3. The third-order valence-electron chi connectivity index (χ3n) is 2.94. The molecule has 0 spiro atoms. The molecule has 0 fully saturated rings. The maximum Gasteiger partial charge on any atom is 0.141 e. The Morgan fingerprint density at radius 1 is 1.32 bits per heavy atom. The van der Waals surface area contributed by atoms with Crippen LogP contribution in [-0.4, -0.2) is 48.5 Å². The highest BCUT2D eigenvalue weighted by Gasteiger charge is 2.16. The van der Waals surface area contributed by atoms with Crippen molar-refractivity contribution in [2.24, 2.45) is 0 Å². The van der Waals surface area contributed by atoms with Crippen LogP contribution in [-0.2, 0) is 4.74 Å². The van der Waals surface area contributed by atoms with Crippen LogP contribution in [0.1, 0.15) is 11.4 Å². The lowest BCUT2D eigenvalue weighted by molar-refractivity contribution is 0.202. The Morgan fingerprint density at radius 3 is 2.79 bits per heavy atom. The van der Waals surface area contributed by atoms with E-state index in [4.69, 9.17) is 4.74 Å². The van der Waals surface area contributed by atoms with Crippen molar-refractivity contribution in [3.8, 4) is 0 Å². The average molecular weight is 281 g/mol. The standard InChI is InChI=1S/C13H19N3O2S/c1-9-8-19-13-11(9)12(14-10(2)15-13)16(4-6-17)5-7-18-3/h8,17H,4-7H2,1-3H3. The molecular formula is C13H19N3O2S. The third kappa shape index (κ3) is 3.02. The van der Waals surface area contributed by atoms with Crippen molar-refractivity contribution in [3.05, 3.63) is 16.8 Å². The van der Waals surface area contributed by atoms with Gasteiger partial charge >= 0.3 is 0 Å². The minimum absolute atomic E-state index is 0.0947. The molecule has 2 rings (SSSR count). The van der Waals surface area contributed by atoms with Crippen molar-refractivity contribution < 1.29 is 9.84 Å². The lowest BCUT2D eigenvalue weighted by Crippen LogP contribution is -2.31. The van der Waals surface area contributed by atoms with Crippen LogP contribution in [0.15, 0.2) is 5.38 Å². The van der Waals surface area contributed by atoms with Gasteiger partial charge in [-0.15, -0.1) is 11.3 Å². The van der Waals surface area contributed by atoms with Crippen LogP contribution in [0.5, 0.6) is 0 Å². The van der Waals surface area contributed by atoms with Crippen LogP contribution in [0, 0.1) is 13.8 Å². The number of rotatable bonds is 6. The summed E-state index contributed by atoms with van der Waals surface area (Å²) in [7, 11) is 1.67. The number of hydrogen-bond acceptors (Lipinski definition) is 6. The molecule has 1 N–H and O–H groups in total. The molecule has 0 aliphatic heterocycles. The maximum atomic E-state index is 9.24. The van der Waals surface area contributed by atoms with E-state index in [2.05, 4.69) is 27.2 Å². The normalized spacial score (nSPS) is 11.2. The molecule has 0 amide bonds. The Morgan fingerprint density at radius 2 is 2.11 bits per heavy atom. The summed E-state index contributed by atoms with van der Waals surface area (Å²) in [6.45, 7) is 5.91. The van der Waals surface area contributed by atoms with Gasteiger partial charge in [0, 0.05) is 20.2 Å². The van der Waals surface area contributed by atoms with Gasteiger partial charge in [-0.2, -0.15) is 0 Å². The van der Waals surface area contributed by atoms with Gasteiger partial charge in [-0.05, 0) is 24.8 Å². The average Bonchev–Trinajstić information content (AvgIpc) is 2.75. The van der Waals surface area contributed by atoms with Gasteiger partial charge < -0.3 is 14.7 Å². The first-order chi connectivity index (χ1) is 9.17. The van der Waals surface area contributed by atoms with Gasteiger partial charge in [0.2, 0.25) is 0 Å². The van der Waals surface area contributed by atoms with Gasteiger partial charge in [-0.3, -0.25) is 0 Å². The minimum atomic E-state index is 0.0947. The second-order valence-electron chi connectivity index (χ2n) is 4.40. The molecule has 0 aliphatic carbocycles. The third-order valence-corrected chi connectivity index (χ3v) is 3.94. The summed E-state index contributed by atoms with van der Waals surface area (Å²) in [6.07, 6.45) is 0. The number of fused-ring (bicyclic) bond motifs is 1. The van der Waals surface area contributed by atoms with Crippen molar-refractivity contribution in [3.63, 3.8) is 0 Å². The number of aliphatic hydroxyl groups excluding tert-OH is 1. The van der Waals surface area contributed by atoms with Gasteiger partial charge in [0.05, 0.1) is 18.6 Å². The van der Waals surface area contributed by atoms with Gasteiger partial charge in [-0.1, -0.05) is 0 Å². The van der Waals surface area contributed by atoms with Crippen LogP contribution in [0.3, 0.4) is 0 Å². The summed E-state index contributed by atoms with van der Waals surface area (Å²) >= 11 is 1.63. The number of aryl methyl sites for hydroxylation is 2. The highest BCUT2D eigenvalue weighted by molar-refractivity contribution is 7.17. The summed E-state index contributed by atoms with van der Waals surface area (Å²) < 4.78 is 5.13. The zero-order valence-corrected chi connectivity index (χ0v) is 12.3. The molecule has 5 nitrogen and oxygen atoms in total. The molecule has 2 aromatic rings. The predicted molar refractivity (Wildman–Crippen MR) is 78.1 cm³/mol. The van der Waals surface area contributed by atoms with E-state index >= 15 is 0 Å². The molecule has 0 atom stereocenters. The first-order valence-corrected chi connectivity index (χ1v) is 7.12. The molecule has 0 bridgehead atoms. The van der Waals surface area contributed by atoms with E-state index in [-0.39, 0.29) is 6.61 Å². The summed E-state index contributed by atoms with van der Waals surface area (Å²) in [5.74, 6) is 1.65. The molecule has 0 aromatic carbocycles. The molecule has 0 saturated carbocycles. The minimum Gasteiger partial charge on any atom is -0.395 e. The Hall–Kier alpha value is -1.24. The van der Waals surface area contributed by atoms with E-state index < -0.39 is 0 Å². The van der Waals surface area contributed by atoms with E-state index in [1.54, 1.807) is 18.4 Å². The Balaban J connectivity index is 2.47. The monoisotopic (exact) mass is 281 g/mol. The summed E-state index contributed by atoms with van der Waals surface area (Å²) in [5.41, 5.74) is 1.18. The largest absolute Gasteiger partial charge is 0.395 e. The van der Waals surface area contributed by atoms with E-state index in [0.29, 0.717) is 19.7 Å². The summed E-state index contributed by atoms with van der Waals surface area (Å²) in [4.78, 5) is 12.1. The van der Waals surface area contributed by atoms with E-state index in [1.807, 2.05) is 6.92 Å². The highest BCUT2D eigenvalue weighted by Crippen LogP contribution is 2.31. The first-order valence-electron chi connectivity index (χ1n) is 6.24. The van der Waals surface area contributed by atoms with E-state index in [0.717, 1.165) is 21.9 Å².